The van der Waals surface area contributed by atoms with Gasteiger partial charge in [-0.05, 0) is 26.7 Å². The molecule has 0 saturated heterocycles. The van der Waals surface area contributed by atoms with Crippen molar-refractivity contribution >= 4 is 23.8 Å². The lowest BCUT2D eigenvalue weighted by atomic mass is 10.0. The van der Waals surface area contributed by atoms with Crippen LogP contribution in [0.4, 0.5) is 0 Å². The van der Waals surface area contributed by atoms with Crippen molar-refractivity contribution in [3.63, 3.8) is 0 Å². The number of carbonyl (C=O) groups excluding carboxylic acids is 2. The van der Waals surface area contributed by atoms with E-state index >= 15 is 0 Å². The maximum absolute atomic E-state index is 11.6. The van der Waals surface area contributed by atoms with Crippen LogP contribution in [0.15, 0.2) is 0 Å². The van der Waals surface area contributed by atoms with Crippen molar-refractivity contribution in [2.45, 2.75) is 154 Å². The Morgan fingerprint density at radius 2 is 0.639 bits per heavy atom. The lowest BCUT2D eigenvalue weighted by molar-refractivity contribution is -0.141. The summed E-state index contributed by atoms with van der Waals surface area (Å²) in [5.74, 6) is -2.34. The predicted octanol–water partition coefficient (Wildman–Crippen LogP) is 5.97. The van der Waals surface area contributed by atoms with Crippen LogP contribution in [0.1, 0.15) is 142 Å². The molecule has 2 amide bonds. The Bertz CT molecular complexity index is 559. The summed E-state index contributed by atoms with van der Waals surface area (Å²) in [5.41, 5.74) is 0. The third-order valence-corrected chi connectivity index (χ3v) is 6.55. The van der Waals surface area contributed by atoms with Gasteiger partial charge in [0.25, 0.3) is 0 Å². The van der Waals surface area contributed by atoms with E-state index in [9.17, 15) is 19.2 Å². The summed E-state index contributed by atoms with van der Waals surface area (Å²) in [6.07, 6.45) is 22.2. The van der Waals surface area contributed by atoms with Gasteiger partial charge in [-0.3, -0.25) is 19.2 Å². The van der Waals surface area contributed by atoms with Gasteiger partial charge in [-0.1, -0.05) is 103 Å². The molecule has 0 bridgehead atoms. The van der Waals surface area contributed by atoms with Crippen molar-refractivity contribution < 1.29 is 29.4 Å². The van der Waals surface area contributed by atoms with E-state index in [0.29, 0.717) is 12.8 Å². The smallest absolute Gasteiger partial charge is 0.325 e. The van der Waals surface area contributed by atoms with Crippen LogP contribution in [0.2, 0.25) is 0 Å². The predicted molar refractivity (Wildman–Crippen MR) is 143 cm³/mol. The maximum atomic E-state index is 11.6. The Morgan fingerprint density at radius 3 is 0.833 bits per heavy atom. The van der Waals surface area contributed by atoms with E-state index in [1.165, 1.54) is 90.9 Å². The quantitative estimate of drug-likeness (QED) is 0.111. The summed E-state index contributed by atoms with van der Waals surface area (Å²) in [4.78, 5) is 44.6. The second kappa shape index (κ2) is 23.3. The minimum Gasteiger partial charge on any atom is -0.480 e. The van der Waals surface area contributed by atoms with Crippen LogP contribution in [-0.2, 0) is 19.2 Å². The fraction of sp³-hybridized carbons (Fsp3) is 0.857. The number of carbonyl (C=O) groups is 4. The van der Waals surface area contributed by atoms with Gasteiger partial charge < -0.3 is 20.8 Å². The van der Waals surface area contributed by atoms with Gasteiger partial charge in [0.15, 0.2) is 0 Å². The van der Waals surface area contributed by atoms with Crippen LogP contribution in [-0.4, -0.2) is 46.0 Å². The summed E-state index contributed by atoms with van der Waals surface area (Å²) in [7, 11) is 0. The van der Waals surface area contributed by atoms with Crippen LogP contribution in [0.25, 0.3) is 0 Å². The molecule has 0 saturated carbocycles. The summed E-state index contributed by atoms with van der Waals surface area (Å²) >= 11 is 0. The third-order valence-electron chi connectivity index (χ3n) is 6.55. The van der Waals surface area contributed by atoms with Crippen molar-refractivity contribution in [3.8, 4) is 0 Å². The average molecular weight is 513 g/mol. The Labute approximate surface area is 218 Å². The first-order valence-corrected chi connectivity index (χ1v) is 14.3. The van der Waals surface area contributed by atoms with Crippen molar-refractivity contribution in [2.24, 2.45) is 0 Å². The molecule has 0 spiro atoms. The molecule has 0 heterocycles. The molecule has 0 radical (unpaired) electrons. The topological polar surface area (TPSA) is 133 Å². The Hall–Kier alpha value is -2.12. The van der Waals surface area contributed by atoms with Crippen LogP contribution in [0, 0.1) is 0 Å². The molecule has 210 valence electrons. The standard InChI is InChI=1S/C28H52N2O6/c1-23(27(33)34)29-25(31)21-19-17-15-13-11-9-7-5-3-4-6-8-10-12-14-16-18-20-22-26(32)30-24(2)28(35)36/h23-24H,3-22H2,1-2H3,(H,29,31)(H,30,32)(H,33,34)(H,35,36)/t23-,24-/m1/s1. The molecule has 8 heteroatoms. The minimum absolute atomic E-state index is 0.172. The molecule has 8 nitrogen and oxygen atoms in total. The number of hydrogen-bond acceptors (Lipinski definition) is 4. The van der Waals surface area contributed by atoms with Gasteiger partial charge >= 0.3 is 11.9 Å². The van der Waals surface area contributed by atoms with E-state index in [1.807, 2.05) is 0 Å². The molecule has 0 aliphatic heterocycles. The summed E-state index contributed by atoms with van der Waals surface area (Å²) in [6.45, 7) is 2.96. The van der Waals surface area contributed by atoms with Crippen LogP contribution in [0.5, 0.6) is 0 Å². The van der Waals surface area contributed by atoms with E-state index in [2.05, 4.69) is 10.6 Å². The van der Waals surface area contributed by atoms with E-state index in [1.54, 1.807) is 0 Å². The molecular formula is C28H52N2O6. The van der Waals surface area contributed by atoms with E-state index in [0.717, 1.165) is 38.5 Å². The largest absolute Gasteiger partial charge is 0.480 e. The van der Waals surface area contributed by atoms with Crippen molar-refractivity contribution in [1.29, 1.82) is 0 Å². The number of amides is 2. The third kappa shape index (κ3) is 22.4. The van der Waals surface area contributed by atoms with Crippen molar-refractivity contribution in [2.75, 3.05) is 0 Å². The normalized spacial score (nSPS) is 12.6. The molecular weight excluding hydrogens is 460 g/mol. The minimum atomic E-state index is -1.00. The monoisotopic (exact) mass is 512 g/mol. The number of carboxylic acid groups (broad SMARTS) is 2. The average Bonchev–Trinajstić information content (AvgIpc) is 2.82. The highest BCUT2D eigenvalue weighted by molar-refractivity contribution is 5.83. The molecule has 0 aromatic carbocycles. The molecule has 0 rings (SSSR count). The number of carboxylic acids is 2. The first kappa shape index (κ1) is 33.9. The molecule has 2 atom stereocenters. The number of nitrogens with one attached hydrogen (secondary N) is 2. The van der Waals surface area contributed by atoms with Gasteiger partial charge in [-0.15, -0.1) is 0 Å². The Kier molecular flexibility index (Phi) is 21.9. The van der Waals surface area contributed by atoms with Crippen LogP contribution < -0.4 is 10.6 Å². The second-order valence-electron chi connectivity index (χ2n) is 10.1. The fourth-order valence-corrected chi connectivity index (χ4v) is 4.15. The highest BCUT2D eigenvalue weighted by Crippen LogP contribution is 2.15. The number of aliphatic carboxylic acids is 2. The van der Waals surface area contributed by atoms with E-state index < -0.39 is 24.0 Å². The second-order valence-corrected chi connectivity index (χ2v) is 10.1. The molecule has 0 unspecified atom stereocenters. The highest BCUT2D eigenvalue weighted by atomic mass is 16.4. The molecule has 0 aliphatic rings. The lowest BCUT2D eigenvalue weighted by Gasteiger charge is -2.09. The first-order chi connectivity index (χ1) is 17.2. The van der Waals surface area contributed by atoms with Gasteiger partial charge in [-0.25, -0.2) is 0 Å². The van der Waals surface area contributed by atoms with Crippen LogP contribution >= 0.6 is 0 Å². The molecule has 0 aromatic rings. The number of rotatable bonds is 25. The Morgan fingerprint density at radius 1 is 0.444 bits per heavy atom. The van der Waals surface area contributed by atoms with Gasteiger partial charge in [0.2, 0.25) is 11.8 Å². The van der Waals surface area contributed by atoms with E-state index in [4.69, 9.17) is 10.2 Å². The summed E-state index contributed by atoms with van der Waals surface area (Å²) in [6, 6.07) is -1.63. The zero-order valence-electron chi connectivity index (χ0n) is 22.8. The fourth-order valence-electron chi connectivity index (χ4n) is 4.15. The molecule has 0 aliphatic carbocycles. The highest BCUT2D eigenvalue weighted by Gasteiger charge is 2.14. The van der Waals surface area contributed by atoms with Crippen molar-refractivity contribution in [1.82, 2.24) is 10.6 Å². The summed E-state index contributed by atoms with van der Waals surface area (Å²) in [5, 5.41) is 22.5. The van der Waals surface area contributed by atoms with Gasteiger partial charge in [-0.2, -0.15) is 0 Å². The first-order valence-electron chi connectivity index (χ1n) is 14.3. The van der Waals surface area contributed by atoms with E-state index in [-0.39, 0.29) is 11.8 Å². The van der Waals surface area contributed by atoms with Gasteiger partial charge in [0.1, 0.15) is 12.1 Å². The zero-order valence-corrected chi connectivity index (χ0v) is 22.8. The maximum Gasteiger partial charge on any atom is 0.325 e. The molecule has 4 N–H and O–H groups in total. The molecule has 0 fully saturated rings. The zero-order chi connectivity index (χ0) is 27.0. The molecule has 0 aromatic heterocycles. The summed E-state index contributed by atoms with van der Waals surface area (Å²) < 4.78 is 0. The lowest BCUT2D eigenvalue weighted by Crippen LogP contribution is -2.38. The SMILES string of the molecule is C[C@@H](NC(=O)CCCCCCCCCCCCCCCCCCCCC(=O)N[C@H](C)C(=O)O)C(=O)O. The Balaban J connectivity index is 3.25. The van der Waals surface area contributed by atoms with Crippen LogP contribution in [0.3, 0.4) is 0 Å². The van der Waals surface area contributed by atoms with Gasteiger partial charge in [0.05, 0.1) is 0 Å². The number of hydrogen-bond donors (Lipinski definition) is 4. The number of unbranched alkanes of at least 4 members (excludes halogenated alkanes) is 17. The van der Waals surface area contributed by atoms with Gasteiger partial charge in [0, 0.05) is 12.8 Å². The van der Waals surface area contributed by atoms with Crippen molar-refractivity contribution in [3.05, 3.63) is 0 Å². The molecule has 36 heavy (non-hydrogen) atoms.